The molecule has 1 aliphatic rings. The number of fused-ring (bicyclic) bond motifs is 1. The van der Waals surface area contributed by atoms with Crippen LogP contribution in [0.3, 0.4) is 0 Å². The largest absolute Gasteiger partial charge is 0.465 e. The number of methoxy groups -OCH3 is 1. The van der Waals surface area contributed by atoms with Gasteiger partial charge in [0.1, 0.15) is 0 Å². The number of aliphatic hydroxyl groups is 1. The monoisotopic (exact) mass is 361 g/mol. The van der Waals surface area contributed by atoms with Gasteiger partial charge in [0, 0.05) is 6.42 Å². The molecule has 0 aliphatic heterocycles. The topological polar surface area (TPSA) is 92.7 Å². The van der Waals surface area contributed by atoms with Crippen molar-refractivity contribution in [3.8, 4) is 0 Å². The van der Waals surface area contributed by atoms with Crippen LogP contribution in [0.15, 0.2) is 47.4 Å². The summed E-state index contributed by atoms with van der Waals surface area (Å²) in [6, 6.07) is 10.9. The first-order chi connectivity index (χ1) is 11.8. The van der Waals surface area contributed by atoms with Crippen molar-refractivity contribution in [2.24, 2.45) is 0 Å². The smallest absolute Gasteiger partial charge is 0.337 e. The van der Waals surface area contributed by atoms with Crippen LogP contribution >= 0.6 is 0 Å². The molecule has 0 aromatic heterocycles. The Labute approximate surface area is 146 Å². The van der Waals surface area contributed by atoms with Gasteiger partial charge in [-0.3, -0.25) is 0 Å². The quantitative estimate of drug-likeness (QED) is 0.809. The average molecular weight is 361 g/mol. The van der Waals surface area contributed by atoms with Gasteiger partial charge >= 0.3 is 5.97 Å². The molecule has 3 rings (SSSR count). The molecule has 2 N–H and O–H groups in total. The van der Waals surface area contributed by atoms with Crippen LogP contribution in [0.5, 0.6) is 0 Å². The van der Waals surface area contributed by atoms with E-state index in [-0.39, 0.29) is 10.5 Å². The van der Waals surface area contributed by atoms with Crippen LogP contribution in [0, 0.1) is 6.92 Å². The Balaban J connectivity index is 1.92. The number of nitrogens with one attached hydrogen (secondary N) is 1. The molecule has 1 aliphatic carbocycles. The molecule has 132 valence electrons. The summed E-state index contributed by atoms with van der Waals surface area (Å²) in [4.78, 5) is 11.6. The minimum Gasteiger partial charge on any atom is -0.465 e. The molecular weight excluding hydrogens is 342 g/mol. The highest BCUT2D eigenvalue weighted by atomic mass is 32.2. The number of aryl methyl sites for hydroxylation is 1. The number of rotatable bonds is 4. The van der Waals surface area contributed by atoms with Crippen molar-refractivity contribution in [1.29, 1.82) is 0 Å². The van der Waals surface area contributed by atoms with Gasteiger partial charge in [-0.05, 0) is 41.8 Å². The molecule has 0 bridgehead atoms. The molecule has 2 aromatic rings. The van der Waals surface area contributed by atoms with Gasteiger partial charge in [0.15, 0.2) is 0 Å². The molecule has 0 spiro atoms. The lowest BCUT2D eigenvalue weighted by Crippen LogP contribution is -2.34. The summed E-state index contributed by atoms with van der Waals surface area (Å²) in [5, 5.41) is 10.3. The minimum atomic E-state index is -3.86. The average Bonchev–Trinajstić information content (AvgIpc) is 2.89. The molecular formula is C18H19NO5S. The second-order valence-corrected chi connectivity index (χ2v) is 7.72. The van der Waals surface area contributed by atoms with Crippen LogP contribution in [0.1, 0.15) is 33.1 Å². The van der Waals surface area contributed by atoms with Gasteiger partial charge in [-0.1, -0.05) is 24.3 Å². The lowest BCUT2D eigenvalue weighted by atomic mass is 10.1. The van der Waals surface area contributed by atoms with E-state index in [0.717, 1.165) is 11.1 Å². The van der Waals surface area contributed by atoms with E-state index in [2.05, 4.69) is 9.46 Å². The first-order valence-corrected chi connectivity index (χ1v) is 9.29. The molecule has 0 heterocycles. The Morgan fingerprint density at radius 1 is 1.24 bits per heavy atom. The zero-order valence-electron chi connectivity index (χ0n) is 13.9. The van der Waals surface area contributed by atoms with E-state index >= 15 is 0 Å². The van der Waals surface area contributed by atoms with Gasteiger partial charge in [0.2, 0.25) is 10.0 Å². The molecule has 25 heavy (non-hydrogen) atoms. The molecule has 2 unspecified atom stereocenters. The summed E-state index contributed by atoms with van der Waals surface area (Å²) in [5.74, 6) is -0.528. The molecule has 6 nitrogen and oxygen atoms in total. The number of carbonyl (C=O) groups is 1. The SMILES string of the molecule is COC(=O)c1ccc(S(=O)(=O)NC2c3ccccc3CC2O)c(C)c1. The molecule has 0 amide bonds. The molecule has 0 saturated heterocycles. The molecule has 7 heteroatoms. The van der Waals surface area contributed by atoms with Crippen LogP contribution in [0.2, 0.25) is 0 Å². The van der Waals surface area contributed by atoms with Crippen LogP contribution in [-0.2, 0) is 21.2 Å². The number of esters is 1. The fraction of sp³-hybridized carbons (Fsp3) is 0.278. The molecule has 2 aromatic carbocycles. The van der Waals surface area contributed by atoms with Crippen LogP contribution in [0.25, 0.3) is 0 Å². The Morgan fingerprint density at radius 2 is 1.96 bits per heavy atom. The van der Waals surface area contributed by atoms with Gasteiger partial charge < -0.3 is 9.84 Å². The number of sulfonamides is 1. The van der Waals surface area contributed by atoms with Crippen molar-refractivity contribution in [3.63, 3.8) is 0 Å². The standard InChI is InChI=1S/C18H19NO5S/c1-11-9-13(18(21)24-2)7-8-16(11)25(22,23)19-17-14-6-4-3-5-12(14)10-15(17)20/h3-9,15,17,19-20H,10H2,1-2H3. The highest BCUT2D eigenvalue weighted by Gasteiger charge is 2.34. The number of hydrogen-bond donors (Lipinski definition) is 2. The molecule has 0 radical (unpaired) electrons. The third-order valence-corrected chi connectivity index (χ3v) is 5.97. The van der Waals surface area contributed by atoms with Crippen molar-refractivity contribution >= 4 is 16.0 Å². The summed E-state index contributed by atoms with van der Waals surface area (Å²) in [5.41, 5.74) is 2.42. The Hall–Kier alpha value is -2.22. The zero-order chi connectivity index (χ0) is 18.2. The fourth-order valence-electron chi connectivity index (χ4n) is 3.14. The van der Waals surface area contributed by atoms with Crippen molar-refractivity contribution in [3.05, 3.63) is 64.7 Å². The normalized spacial score (nSPS) is 19.5. The number of carbonyl (C=O) groups excluding carboxylic acids is 1. The maximum atomic E-state index is 12.8. The minimum absolute atomic E-state index is 0.0664. The number of hydrogen-bond acceptors (Lipinski definition) is 5. The summed E-state index contributed by atoms with van der Waals surface area (Å²) in [6.07, 6.45) is -0.411. The highest BCUT2D eigenvalue weighted by molar-refractivity contribution is 7.89. The van der Waals surface area contributed by atoms with E-state index in [4.69, 9.17) is 0 Å². The van der Waals surface area contributed by atoms with E-state index < -0.39 is 28.1 Å². The Kier molecular flexibility index (Phi) is 4.64. The molecule has 2 atom stereocenters. The summed E-state index contributed by atoms with van der Waals surface area (Å²) < 4.78 is 32.8. The van der Waals surface area contributed by atoms with Crippen molar-refractivity contribution in [1.82, 2.24) is 4.72 Å². The summed E-state index contributed by atoms with van der Waals surface area (Å²) in [6.45, 7) is 1.61. The predicted molar refractivity (Wildman–Crippen MR) is 91.7 cm³/mol. The predicted octanol–water partition coefficient (Wildman–Crippen LogP) is 1.72. The van der Waals surface area contributed by atoms with Crippen LogP contribution in [-0.4, -0.2) is 32.7 Å². The van der Waals surface area contributed by atoms with Crippen molar-refractivity contribution in [2.75, 3.05) is 7.11 Å². The zero-order valence-corrected chi connectivity index (χ0v) is 14.7. The maximum Gasteiger partial charge on any atom is 0.337 e. The maximum absolute atomic E-state index is 12.8. The Morgan fingerprint density at radius 3 is 2.64 bits per heavy atom. The van der Waals surface area contributed by atoms with Gasteiger partial charge in [-0.25, -0.2) is 17.9 Å². The van der Waals surface area contributed by atoms with E-state index in [1.165, 1.54) is 25.3 Å². The lowest BCUT2D eigenvalue weighted by molar-refractivity contribution is 0.0600. The highest BCUT2D eigenvalue weighted by Crippen LogP contribution is 2.32. The van der Waals surface area contributed by atoms with E-state index in [1.54, 1.807) is 6.92 Å². The van der Waals surface area contributed by atoms with E-state index in [1.807, 2.05) is 24.3 Å². The third kappa shape index (κ3) is 3.30. The second kappa shape index (κ2) is 6.59. The van der Waals surface area contributed by atoms with Gasteiger partial charge in [-0.2, -0.15) is 0 Å². The summed E-state index contributed by atoms with van der Waals surface area (Å²) in [7, 11) is -2.59. The van der Waals surface area contributed by atoms with Crippen molar-refractivity contribution in [2.45, 2.75) is 30.4 Å². The number of benzene rings is 2. The van der Waals surface area contributed by atoms with Gasteiger partial charge in [0.05, 0.1) is 29.7 Å². The third-order valence-electron chi connectivity index (χ3n) is 4.37. The lowest BCUT2D eigenvalue weighted by Gasteiger charge is -2.19. The van der Waals surface area contributed by atoms with Crippen LogP contribution in [0.4, 0.5) is 0 Å². The van der Waals surface area contributed by atoms with Crippen molar-refractivity contribution < 1.29 is 23.1 Å². The first-order valence-electron chi connectivity index (χ1n) is 7.80. The number of aliphatic hydroxyl groups excluding tert-OH is 1. The number of ether oxygens (including phenoxy) is 1. The van der Waals surface area contributed by atoms with E-state index in [0.29, 0.717) is 12.0 Å². The first kappa shape index (κ1) is 17.6. The molecule has 0 saturated carbocycles. The molecule has 0 fully saturated rings. The van der Waals surface area contributed by atoms with Gasteiger partial charge in [-0.15, -0.1) is 0 Å². The van der Waals surface area contributed by atoms with Gasteiger partial charge in [0.25, 0.3) is 0 Å². The fourth-order valence-corrected chi connectivity index (χ4v) is 4.62. The summed E-state index contributed by atoms with van der Waals surface area (Å²) >= 11 is 0. The van der Waals surface area contributed by atoms with E-state index in [9.17, 15) is 18.3 Å². The Bertz CT molecular complexity index is 923. The second-order valence-electron chi connectivity index (χ2n) is 6.04. The van der Waals surface area contributed by atoms with Crippen LogP contribution < -0.4 is 4.72 Å².